The van der Waals surface area contributed by atoms with Gasteiger partial charge >= 0.3 is 11.9 Å². The highest BCUT2D eigenvalue weighted by Gasteiger charge is 2.21. The number of nitriles is 1. The number of aliphatic carboxylic acids is 1. The van der Waals surface area contributed by atoms with E-state index in [1.807, 2.05) is 6.07 Å². The summed E-state index contributed by atoms with van der Waals surface area (Å²) in [6, 6.07) is 8.67. The summed E-state index contributed by atoms with van der Waals surface area (Å²) in [6.07, 6.45) is 3.86. The van der Waals surface area contributed by atoms with Crippen LogP contribution in [0.3, 0.4) is 0 Å². The van der Waals surface area contributed by atoms with E-state index in [4.69, 9.17) is 20.8 Å². The van der Waals surface area contributed by atoms with Crippen molar-refractivity contribution < 1.29 is 19.4 Å². The lowest BCUT2D eigenvalue weighted by molar-refractivity contribution is -0.131. The molecule has 0 saturated heterocycles. The fraction of sp³-hybridized carbons (Fsp3) is 0.0625. The second-order valence-corrected chi connectivity index (χ2v) is 4.55. The van der Waals surface area contributed by atoms with Gasteiger partial charge in [-0.2, -0.15) is 5.26 Å². The van der Waals surface area contributed by atoms with E-state index in [9.17, 15) is 9.59 Å². The van der Waals surface area contributed by atoms with Crippen molar-refractivity contribution in [1.29, 1.82) is 5.26 Å². The van der Waals surface area contributed by atoms with Crippen LogP contribution in [0.2, 0.25) is 0 Å². The minimum absolute atomic E-state index is 0.0332. The van der Waals surface area contributed by atoms with Crippen molar-refractivity contribution in [2.24, 2.45) is 0 Å². The molecule has 0 aliphatic heterocycles. The van der Waals surface area contributed by atoms with Crippen LogP contribution in [-0.4, -0.2) is 28.7 Å². The van der Waals surface area contributed by atoms with Crippen LogP contribution in [0.15, 0.2) is 36.5 Å². The lowest BCUT2D eigenvalue weighted by Crippen LogP contribution is -2.11. The molecule has 0 saturated carbocycles. The van der Waals surface area contributed by atoms with Crippen molar-refractivity contribution in [3.63, 3.8) is 0 Å². The van der Waals surface area contributed by atoms with Crippen LogP contribution < -0.4 is 5.73 Å². The Bertz CT molecular complexity index is 843. The average molecular weight is 311 g/mol. The Morgan fingerprint density at radius 3 is 2.78 bits per heavy atom. The number of methoxy groups -OCH3 is 1. The number of ether oxygens (including phenoxy) is 1. The Morgan fingerprint density at radius 2 is 2.17 bits per heavy atom. The number of carboxylic acids is 1. The number of nitrogen functional groups attached to an aromatic ring is 1. The van der Waals surface area contributed by atoms with Gasteiger partial charge in [-0.1, -0.05) is 12.1 Å². The smallest absolute Gasteiger partial charge is 0.357 e. The van der Waals surface area contributed by atoms with Gasteiger partial charge in [-0.05, 0) is 23.8 Å². The van der Waals surface area contributed by atoms with E-state index in [0.717, 1.165) is 6.08 Å². The first kappa shape index (κ1) is 15.9. The van der Waals surface area contributed by atoms with Gasteiger partial charge in [0.2, 0.25) is 0 Å². The van der Waals surface area contributed by atoms with E-state index < -0.39 is 11.9 Å². The molecule has 0 aliphatic carbocycles. The molecule has 1 aromatic carbocycles. The molecule has 7 nitrogen and oxygen atoms in total. The number of carbonyl (C=O) groups excluding carboxylic acids is 1. The van der Waals surface area contributed by atoms with Gasteiger partial charge in [0.15, 0.2) is 5.69 Å². The molecule has 7 heteroatoms. The van der Waals surface area contributed by atoms with Crippen LogP contribution in [0.5, 0.6) is 0 Å². The Balaban J connectivity index is 2.58. The largest absolute Gasteiger partial charge is 0.478 e. The third-order valence-corrected chi connectivity index (χ3v) is 3.11. The van der Waals surface area contributed by atoms with Gasteiger partial charge in [-0.3, -0.25) is 0 Å². The summed E-state index contributed by atoms with van der Waals surface area (Å²) in [5.41, 5.74) is 7.22. The van der Waals surface area contributed by atoms with Crippen molar-refractivity contribution in [1.82, 2.24) is 4.57 Å². The number of carboxylic acid groups (broad SMARTS) is 1. The number of anilines is 1. The Hall–Kier alpha value is -3.53. The van der Waals surface area contributed by atoms with Crippen LogP contribution in [0.25, 0.3) is 11.8 Å². The number of hydrogen-bond donors (Lipinski definition) is 2. The Morgan fingerprint density at radius 1 is 1.43 bits per heavy atom. The molecule has 23 heavy (non-hydrogen) atoms. The molecule has 0 spiro atoms. The quantitative estimate of drug-likeness (QED) is 0.656. The van der Waals surface area contributed by atoms with Crippen molar-refractivity contribution in [3.05, 3.63) is 53.4 Å². The first-order valence-corrected chi connectivity index (χ1v) is 6.48. The number of hydrogen-bond acceptors (Lipinski definition) is 5. The highest BCUT2D eigenvalue weighted by molar-refractivity contribution is 5.96. The molecule has 0 radical (unpaired) electrons. The summed E-state index contributed by atoms with van der Waals surface area (Å²) in [6.45, 7) is 0. The number of esters is 1. The fourth-order valence-corrected chi connectivity index (χ4v) is 2.06. The van der Waals surface area contributed by atoms with E-state index in [1.54, 1.807) is 24.3 Å². The first-order valence-electron chi connectivity index (χ1n) is 6.48. The molecule has 0 bridgehead atoms. The van der Waals surface area contributed by atoms with Crippen LogP contribution in [0, 0.1) is 11.3 Å². The summed E-state index contributed by atoms with van der Waals surface area (Å²) < 4.78 is 6.15. The van der Waals surface area contributed by atoms with Gasteiger partial charge in [0.1, 0.15) is 6.07 Å². The normalized spacial score (nSPS) is 10.4. The molecule has 3 N–H and O–H groups in total. The standard InChI is InChI=1S/C16H13N3O4/c1-23-16(22)15-14(18)11(8-17)9-19(15)12-4-2-3-10(7-12)5-6-13(20)21/h2-7,9H,18H2,1H3,(H,20,21). The average Bonchev–Trinajstić information content (AvgIpc) is 2.89. The predicted octanol–water partition coefficient (Wildman–Crippen LogP) is 1.82. The molecule has 0 aliphatic rings. The maximum absolute atomic E-state index is 11.9. The molecular formula is C16H13N3O4. The third-order valence-electron chi connectivity index (χ3n) is 3.11. The summed E-state index contributed by atoms with van der Waals surface area (Å²) >= 11 is 0. The van der Waals surface area contributed by atoms with Crippen LogP contribution in [0.1, 0.15) is 21.6 Å². The molecule has 0 unspecified atom stereocenters. The van der Waals surface area contributed by atoms with E-state index in [1.165, 1.54) is 23.9 Å². The predicted molar refractivity (Wildman–Crippen MR) is 82.9 cm³/mol. The van der Waals surface area contributed by atoms with Gasteiger partial charge in [-0.15, -0.1) is 0 Å². The number of nitrogens with zero attached hydrogens (tertiary/aromatic N) is 2. The minimum Gasteiger partial charge on any atom is -0.478 e. The van der Waals surface area contributed by atoms with Gasteiger partial charge in [0.25, 0.3) is 0 Å². The summed E-state index contributed by atoms with van der Waals surface area (Å²) in [4.78, 5) is 22.5. The molecule has 2 aromatic rings. The summed E-state index contributed by atoms with van der Waals surface area (Å²) in [5, 5.41) is 17.8. The fourth-order valence-electron chi connectivity index (χ4n) is 2.06. The number of rotatable bonds is 4. The molecule has 1 aromatic heterocycles. The highest BCUT2D eigenvalue weighted by atomic mass is 16.5. The van der Waals surface area contributed by atoms with Gasteiger partial charge < -0.3 is 20.1 Å². The molecule has 2 rings (SSSR count). The Labute approximate surface area is 131 Å². The van der Waals surface area contributed by atoms with Gasteiger partial charge in [0, 0.05) is 18.0 Å². The summed E-state index contributed by atoms with van der Waals surface area (Å²) in [7, 11) is 1.22. The SMILES string of the molecule is COC(=O)c1c(N)c(C#N)cn1-c1cccc(C=CC(=O)O)c1. The number of benzene rings is 1. The van der Waals surface area contributed by atoms with Crippen molar-refractivity contribution in [2.75, 3.05) is 12.8 Å². The van der Waals surface area contributed by atoms with Crippen LogP contribution >= 0.6 is 0 Å². The number of nitrogens with two attached hydrogens (primary N) is 1. The van der Waals surface area contributed by atoms with E-state index in [2.05, 4.69) is 0 Å². The third kappa shape index (κ3) is 3.22. The molecular weight excluding hydrogens is 298 g/mol. The zero-order valence-electron chi connectivity index (χ0n) is 12.2. The van der Waals surface area contributed by atoms with Gasteiger partial charge in [-0.25, -0.2) is 9.59 Å². The Kier molecular flexibility index (Phi) is 4.47. The van der Waals surface area contributed by atoms with E-state index in [-0.39, 0.29) is 16.9 Å². The molecule has 0 fully saturated rings. The van der Waals surface area contributed by atoms with E-state index in [0.29, 0.717) is 11.3 Å². The van der Waals surface area contributed by atoms with Crippen LogP contribution in [-0.2, 0) is 9.53 Å². The van der Waals surface area contributed by atoms with Crippen molar-refractivity contribution >= 4 is 23.7 Å². The monoisotopic (exact) mass is 311 g/mol. The lowest BCUT2D eigenvalue weighted by atomic mass is 10.2. The second kappa shape index (κ2) is 6.49. The maximum Gasteiger partial charge on any atom is 0.357 e. The maximum atomic E-state index is 11.9. The molecule has 116 valence electrons. The number of carbonyl (C=O) groups is 2. The van der Waals surface area contributed by atoms with Crippen molar-refractivity contribution in [3.8, 4) is 11.8 Å². The van der Waals surface area contributed by atoms with Gasteiger partial charge in [0.05, 0.1) is 18.4 Å². The topological polar surface area (TPSA) is 118 Å². The van der Waals surface area contributed by atoms with Crippen LogP contribution in [0.4, 0.5) is 5.69 Å². The molecule has 0 amide bonds. The molecule has 1 heterocycles. The molecule has 0 atom stereocenters. The zero-order chi connectivity index (χ0) is 17.0. The summed E-state index contributed by atoms with van der Waals surface area (Å²) in [5.74, 6) is -1.74. The lowest BCUT2D eigenvalue weighted by Gasteiger charge is -2.09. The second-order valence-electron chi connectivity index (χ2n) is 4.55. The van der Waals surface area contributed by atoms with Crippen molar-refractivity contribution in [2.45, 2.75) is 0 Å². The highest BCUT2D eigenvalue weighted by Crippen LogP contribution is 2.25. The van der Waals surface area contributed by atoms with E-state index >= 15 is 0 Å². The number of aromatic nitrogens is 1. The minimum atomic E-state index is -1.07. The first-order chi connectivity index (χ1) is 11.0. The zero-order valence-corrected chi connectivity index (χ0v) is 12.2.